The first kappa shape index (κ1) is 16.0. The minimum absolute atomic E-state index is 0.135. The Kier molecular flexibility index (Phi) is 4.70. The molecule has 0 radical (unpaired) electrons. The minimum atomic E-state index is 0.135. The minimum Gasteiger partial charge on any atom is -0.450 e. The number of ether oxygens (including phenoxy) is 1. The van der Waals surface area contributed by atoms with E-state index < -0.39 is 0 Å². The molecule has 3 nitrogen and oxygen atoms in total. The first-order chi connectivity index (χ1) is 12.9. The summed E-state index contributed by atoms with van der Waals surface area (Å²) in [6.07, 6.45) is 5.29. The highest BCUT2D eigenvalue weighted by molar-refractivity contribution is 5.53. The SMILES string of the molecule is c1ccc(C(c2ccccc2)c2cnccn2)cc1.c1ccc2c(c1)O2. The van der Waals surface area contributed by atoms with Crippen molar-refractivity contribution in [3.05, 3.63) is 120 Å². The summed E-state index contributed by atoms with van der Waals surface area (Å²) >= 11 is 0. The fourth-order valence-corrected chi connectivity index (χ4v) is 2.90. The van der Waals surface area contributed by atoms with Crippen LogP contribution in [0.4, 0.5) is 0 Å². The van der Waals surface area contributed by atoms with Crippen molar-refractivity contribution in [3.8, 4) is 11.5 Å². The molecule has 0 aliphatic carbocycles. The average molecular weight is 338 g/mol. The van der Waals surface area contributed by atoms with Crippen LogP contribution in [0.1, 0.15) is 22.7 Å². The molecule has 3 heteroatoms. The zero-order chi connectivity index (χ0) is 17.6. The predicted molar refractivity (Wildman–Crippen MR) is 102 cm³/mol. The topological polar surface area (TPSA) is 38.3 Å². The van der Waals surface area contributed by atoms with E-state index in [1.807, 2.05) is 42.6 Å². The van der Waals surface area contributed by atoms with Crippen LogP contribution >= 0.6 is 0 Å². The molecule has 0 amide bonds. The summed E-state index contributed by atoms with van der Waals surface area (Å²) in [6.45, 7) is 0. The number of para-hydroxylation sites is 2. The van der Waals surface area contributed by atoms with Gasteiger partial charge in [-0.05, 0) is 23.3 Å². The molecule has 0 N–H and O–H groups in total. The third kappa shape index (κ3) is 3.78. The highest BCUT2D eigenvalue weighted by Crippen LogP contribution is 2.43. The summed E-state index contributed by atoms with van der Waals surface area (Å²) in [7, 11) is 0. The van der Waals surface area contributed by atoms with Crippen molar-refractivity contribution in [1.29, 1.82) is 0 Å². The lowest BCUT2D eigenvalue weighted by molar-refractivity contribution is 0.650. The third-order valence-corrected chi connectivity index (χ3v) is 4.17. The molecule has 5 rings (SSSR count). The summed E-state index contributed by atoms with van der Waals surface area (Å²) in [5.74, 6) is 2.20. The van der Waals surface area contributed by atoms with E-state index in [-0.39, 0.29) is 5.92 Å². The van der Waals surface area contributed by atoms with Gasteiger partial charge in [0.2, 0.25) is 0 Å². The molecule has 2 heterocycles. The Hall–Kier alpha value is -3.46. The number of rotatable bonds is 3. The molecule has 0 fully saturated rings. The van der Waals surface area contributed by atoms with Gasteiger partial charge in [-0.25, -0.2) is 0 Å². The molecule has 0 bridgehead atoms. The molecule has 126 valence electrons. The molecule has 1 aliphatic heterocycles. The second-order valence-corrected chi connectivity index (χ2v) is 5.93. The van der Waals surface area contributed by atoms with Crippen LogP contribution in [0, 0.1) is 0 Å². The lowest BCUT2D eigenvalue weighted by Gasteiger charge is -2.17. The zero-order valence-electron chi connectivity index (χ0n) is 14.2. The first-order valence-corrected chi connectivity index (χ1v) is 8.54. The van der Waals surface area contributed by atoms with E-state index in [1.54, 1.807) is 12.4 Å². The van der Waals surface area contributed by atoms with Crippen molar-refractivity contribution in [2.45, 2.75) is 5.92 Å². The van der Waals surface area contributed by atoms with Crippen molar-refractivity contribution in [2.75, 3.05) is 0 Å². The summed E-state index contributed by atoms with van der Waals surface area (Å²) in [6, 6.07) is 28.6. The normalized spacial score (nSPS) is 11.0. The summed E-state index contributed by atoms with van der Waals surface area (Å²) in [4.78, 5) is 8.66. The van der Waals surface area contributed by atoms with Gasteiger partial charge in [0, 0.05) is 18.6 Å². The third-order valence-electron chi connectivity index (χ3n) is 4.17. The van der Waals surface area contributed by atoms with Gasteiger partial charge in [-0.15, -0.1) is 0 Å². The van der Waals surface area contributed by atoms with Crippen LogP contribution in [-0.2, 0) is 0 Å². The molecule has 26 heavy (non-hydrogen) atoms. The number of hydrogen-bond donors (Lipinski definition) is 0. The molecule has 0 atom stereocenters. The molecule has 0 spiro atoms. The number of hydrogen-bond acceptors (Lipinski definition) is 3. The highest BCUT2D eigenvalue weighted by Gasteiger charge is 2.17. The Morgan fingerprint density at radius 1 is 0.615 bits per heavy atom. The number of benzene rings is 3. The molecule has 1 aromatic heterocycles. The van der Waals surface area contributed by atoms with Crippen LogP contribution in [0.3, 0.4) is 0 Å². The Morgan fingerprint density at radius 3 is 1.62 bits per heavy atom. The van der Waals surface area contributed by atoms with E-state index in [0.717, 1.165) is 17.2 Å². The Balaban J connectivity index is 0.000000198. The highest BCUT2D eigenvalue weighted by atomic mass is 16.6. The van der Waals surface area contributed by atoms with Gasteiger partial charge in [0.05, 0.1) is 11.6 Å². The lowest BCUT2D eigenvalue weighted by Crippen LogP contribution is -2.05. The second-order valence-electron chi connectivity index (χ2n) is 5.93. The van der Waals surface area contributed by atoms with Gasteiger partial charge in [-0.1, -0.05) is 72.8 Å². The standard InChI is InChI=1S/C17H14N2.C6H4O/c1-3-7-14(8-4-1)17(15-9-5-2-6-10-15)16-13-18-11-12-19-16;1-2-4-6-5(3-1)7-6/h1-13,17H;1-4H. The van der Waals surface area contributed by atoms with Crippen molar-refractivity contribution in [2.24, 2.45) is 0 Å². The van der Waals surface area contributed by atoms with E-state index in [9.17, 15) is 0 Å². The quantitative estimate of drug-likeness (QED) is 0.411. The number of aromatic nitrogens is 2. The summed E-state index contributed by atoms with van der Waals surface area (Å²) in [5.41, 5.74) is 3.43. The van der Waals surface area contributed by atoms with E-state index in [2.05, 4.69) is 58.5 Å². The molecule has 3 aromatic carbocycles. The van der Waals surface area contributed by atoms with Crippen LogP contribution in [-0.4, -0.2) is 9.97 Å². The largest absolute Gasteiger partial charge is 0.450 e. The summed E-state index contributed by atoms with van der Waals surface area (Å²) < 4.78 is 4.94. The van der Waals surface area contributed by atoms with Crippen molar-refractivity contribution in [1.82, 2.24) is 9.97 Å². The lowest BCUT2D eigenvalue weighted by atomic mass is 9.89. The van der Waals surface area contributed by atoms with Gasteiger partial charge in [0.25, 0.3) is 0 Å². The van der Waals surface area contributed by atoms with Crippen LogP contribution in [0.2, 0.25) is 0 Å². The van der Waals surface area contributed by atoms with Gasteiger partial charge in [-0.3, -0.25) is 9.97 Å². The van der Waals surface area contributed by atoms with E-state index >= 15 is 0 Å². The van der Waals surface area contributed by atoms with Crippen LogP contribution in [0.15, 0.2) is 104 Å². The summed E-state index contributed by atoms with van der Waals surface area (Å²) in [5, 5.41) is 0. The van der Waals surface area contributed by atoms with Gasteiger partial charge < -0.3 is 4.74 Å². The fourth-order valence-electron chi connectivity index (χ4n) is 2.90. The maximum Gasteiger partial charge on any atom is 0.170 e. The molecular formula is C23H18N2O. The molecule has 4 aromatic rings. The second kappa shape index (κ2) is 7.62. The van der Waals surface area contributed by atoms with Gasteiger partial charge in [-0.2, -0.15) is 0 Å². The maximum absolute atomic E-state index is 4.94. The van der Waals surface area contributed by atoms with Crippen molar-refractivity contribution in [3.63, 3.8) is 0 Å². The van der Waals surface area contributed by atoms with Crippen molar-refractivity contribution < 1.29 is 4.74 Å². The molecular weight excluding hydrogens is 320 g/mol. The Morgan fingerprint density at radius 2 is 1.15 bits per heavy atom. The van der Waals surface area contributed by atoms with Crippen LogP contribution in [0.25, 0.3) is 0 Å². The zero-order valence-corrected chi connectivity index (χ0v) is 14.2. The number of nitrogens with zero attached hydrogens (tertiary/aromatic N) is 2. The molecule has 0 saturated carbocycles. The Labute approximate surface area is 153 Å². The fraction of sp³-hybridized carbons (Fsp3) is 0.0435. The Bertz CT molecular complexity index is 842. The van der Waals surface area contributed by atoms with E-state index in [0.29, 0.717) is 0 Å². The van der Waals surface area contributed by atoms with Crippen LogP contribution < -0.4 is 4.74 Å². The van der Waals surface area contributed by atoms with Gasteiger partial charge in [0.15, 0.2) is 11.5 Å². The predicted octanol–water partition coefficient (Wildman–Crippen LogP) is 5.45. The number of fused-ring (bicyclic) bond motifs is 1. The maximum atomic E-state index is 4.94. The monoisotopic (exact) mass is 338 g/mol. The van der Waals surface area contributed by atoms with Gasteiger partial charge >= 0.3 is 0 Å². The van der Waals surface area contributed by atoms with E-state index in [4.69, 9.17) is 4.74 Å². The van der Waals surface area contributed by atoms with Crippen LogP contribution in [0.5, 0.6) is 11.5 Å². The average Bonchev–Trinajstić information content (AvgIpc) is 3.51. The molecule has 0 unspecified atom stereocenters. The smallest absolute Gasteiger partial charge is 0.170 e. The molecule has 0 saturated heterocycles. The molecule has 1 aliphatic rings. The first-order valence-electron chi connectivity index (χ1n) is 8.54. The van der Waals surface area contributed by atoms with Gasteiger partial charge in [0.1, 0.15) is 0 Å². The van der Waals surface area contributed by atoms with E-state index in [1.165, 1.54) is 11.1 Å². The van der Waals surface area contributed by atoms with Crippen molar-refractivity contribution >= 4 is 0 Å².